The summed E-state index contributed by atoms with van der Waals surface area (Å²) in [5.41, 5.74) is 2.82. The normalized spacial score (nSPS) is 16.5. The number of aliphatic imine (C=N–C) groups is 1. The molecule has 2 aromatic carbocycles. The summed E-state index contributed by atoms with van der Waals surface area (Å²) in [6, 6.07) is 15.3. The van der Waals surface area contributed by atoms with E-state index in [0.29, 0.717) is 29.6 Å². The number of thioether (sulfide) groups is 1. The average Bonchev–Trinajstić information content (AvgIpc) is 3.33. The van der Waals surface area contributed by atoms with Gasteiger partial charge < -0.3 is 14.5 Å². The standard InChI is InChI=1S/C23H21N3O4S/c1-29-17-7-5-6-16(12-17)25-23-26(22(28)20(31-23)13-21(27)30-2)11-10-15-14-24-19-9-4-3-8-18(15)19/h3-9,12-14,24H,10-11H2,1-2H3/b20-13-,25-23?. The third-order valence-corrected chi connectivity index (χ3v) is 5.90. The van der Waals surface area contributed by atoms with Gasteiger partial charge in [0.1, 0.15) is 5.75 Å². The molecule has 1 amide bonds. The molecule has 0 aliphatic carbocycles. The number of amides is 1. The van der Waals surface area contributed by atoms with Crippen LogP contribution < -0.4 is 4.74 Å². The van der Waals surface area contributed by atoms with Crippen molar-refractivity contribution in [2.45, 2.75) is 6.42 Å². The van der Waals surface area contributed by atoms with Crippen LogP contribution in [-0.2, 0) is 20.7 Å². The molecular weight excluding hydrogens is 414 g/mol. The lowest BCUT2D eigenvalue weighted by molar-refractivity contribution is -0.135. The van der Waals surface area contributed by atoms with Gasteiger partial charge in [0.25, 0.3) is 5.91 Å². The molecule has 1 aliphatic rings. The molecule has 0 unspecified atom stereocenters. The van der Waals surface area contributed by atoms with Gasteiger partial charge in [-0.1, -0.05) is 24.3 Å². The lowest BCUT2D eigenvalue weighted by Gasteiger charge is -2.15. The van der Waals surface area contributed by atoms with E-state index in [1.165, 1.54) is 13.2 Å². The molecule has 0 bridgehead atoms. The summed E-state index contributed by atoms with van der Waals surface area (Å²) >= 11 is 1.16. The number of carbonyl (C=O) groups excluding carboxylic acids is 2. The highest BCUT2D eigenvalue weighted by molar-refractivity contribution is 8.18. The van der Waals surface area contributed by atoms with Gasteiger partial charge in [-0.2, -0.15) is 0 Å². The number of hydrogen-bond donors (Lipinski definition) is 1. The Bertz CT molecular complexity index is 1200. The van der Waals surface area contributed by atoms with Gasteiger partial charge in [-0.3, -0.25) is 9.69 Å². The van der Waals surface area contributed by atoms with Gasteiger partial charge >= 0.3 is 5.97 Å². The van der Waals surface area contributed by atoms with Crippen LogP contribution in [0.25, 0.3) is 10.9 Å². The van der Waals surface area contributed by atoms with Crippen molar-refractivity contribution in [3.8, 4) is 5.75 Å². The fraction of sp³-hybridized carbons (Fsp3) is 0.174. The molecule has 158 valence electrons. The molecule has 0 radical (unpaired) electrons. The molecule has 3 aromatic rings. The van der Waals surface area contributed by atoms with Crippen molar-refractivity contribution in [2.75, 3.05) is 20.8 Å². The van der Waals surface area contributed by atoms with Crippen LogP contribution in [0.1, 0.15) is 5.56 Å². The lowest BCUT2D eigenvalue weighted by atomic mass is 10.1. The number of carbonyl (C=O) groups is 2. The Morgan fingerprint density at radius 3 is 2.84 bits per heavy atom. The van der Waals surface area contributed by atoms with Crippen LogP contribution in [0.3, 0.4) is 0 Å². The van der Waals surface area contributed by atoms with Gasteiger partial charge in [-0.25, -0.2) is 9.79 Å². The van der Waals surface area contributed by atoms with Crippen LogP contribution in [-0.4, -0.2) is 47.7 Å². The van der Waals surface area contributed by atoms with E-state index in [2.05, 4.69) is 20.8 Å². The molecular formula is C23H21N3O4S. The van der Waals surface area contributed by atoms with Gasteiger partial charge in [0.15, 0.2) is 5.17 Å². The second kappa shape index (κ2) is 9.09. The Labute approximate surface area is 183 Å². The van der Waals surface area contributed by atoms with E-state index in [0.717, 1.165) is 28.2 Å². The van der Waals surface area contributed by atoms with E-state index in [-0.39, 0.29) is 10.8 Å². The number of methoxy groups -OCH3 is 2. The molecule has 2 heterocycles. The van der Waals surface area contributed by atoms with Gasteiger partial charge in [-0.05, 0) is 41.9 Å². The zero-order chi connectivity index (χ0) is 21.8. The maximum absolute atomic E-state index is 13.0. The van der Waals surface area contributed by atoms with E-state index in [9.17, 15) is 9.59 Å². The molecule has 1 N–H and O–H groups in total. The number of para-hydroxylation sites is 1. The number of aromatic nitrogens is 1. The van der Waals surface area contributed by atoms with Crippen molar-refractivity contribution in [2.24, 2.45) is 4.99 Å². The van der Waals surface area contributed by atoms with Crippen LogP contribution in [0.15, 0.2) is 70.7 Å². The third kappa shape index (κ3) is 4.49. The predicted octanol–water partition coefficient (Wildman–Crippen LogP) is 4.04. The zero-order valence-electron chi connectivity index (χ0n) is 17.1. The number of esters is 1. The Kier molecular flexibility index (Phi) is 6.08. The maximum Gasteiger partial charge on any atom is 0.331 e. The van der Waals surface area contributed by atoms with Crippen LogP contribution in [0.4, 0.5) is 5.69 Å². The van der Waals surface area contributed by atoms with Crippen molar-refractivity contribution in [1.82, 2.24) is 9.88 Å². The molecule has 1 fully saturated rings. The van der Waals surface area contributed by atoms with Crippen molar-refractivity contribution in [3.63, 3.8) is 0 Å². The van der Waals surface area contributed by atoms with Crippen LogP contribution in [0.2, 0.25) is 0 Å². The summed E-state index contributed by atoms with van der Waals surface area (Å²) in [7, 11) is 2.87. The number of fused-ring (bicyclic) bond motifs is 1. The minimum atomic E-state index is -0.574. The summed E-state index contributed by atoms with van der Waals surface area (Å²) in [6.45, 7) is 0.426. The fourth-order valence-corrected chi connectivity index (χ4v) is 4.30. The number of nitrogens with zero attached hydrogens (tertiary/aromatic N) is 2. The Balaban J connectivity index is 1.63. The van der Waals surface area contributed by atoms with E-state index in [1.54, 1.807) is 18.1 Å². The third-order valence-electron chi connectivity index (χ3n) is 4.90. The molecule has 1 saturated heterocycles. The average molecular weight is 436 g/mol. The molecule has 8 heteroatoms. The largest absolute Gasteiger partial charge is 0.497 e. The summed E-state index contributed by atoms with van der Waals surface area (Å²) < 4.78 is 9.95. The number of rotatable bonds is 6. The first-order valence-electron chi connectivity index (χ1n) is 9.66. The van der Waals surface area contributed by atoms with Gasteiger partial charge in [0, 0.05) is 35.8 Å². The number of benzene rings is 2. The van der Waals surface area contributed by atoms with E-state index in [1.807, 2.05) is 42.6 Å². The number of hydrogen-bond acceptors (Lipinski definition) is 6. The van der Waals surface area contributed by atoms with Gasteiger partial charge in [0.05, 0.1) is 24.8 Å². The van der Waals surface area contributed by atoms with Gasteiger partial charge in [-0.15, -0.1) is 0 Å². The summed E-state index contributed by atoms with van der Waals surface area (Å²) in [5.74, 6) is -0.168. The number of H-pyrrole nitrogens is 1. The number of ether oxygens (including phenoxy) is 2. The van der Waals surface area contributed by atoms with Crippen LogP contribution in [0.5, 0.6) is 5.75 Å². The second-order valence-corrected chi connectivity index (χ2v) is 7.81. The fourth-order valence-electron chi connectivity index (χ4n) is 3.32. The highest BCUT2D eigenvalue weighted by atomic mass is 32.2. The Morgan fingerprint density at radius 2 is 2.03 bits per heavy atom. The number of nitrogens with one attached hydrogen (secondary N) is 1. The molecule has 7 nitrogen and oxygen atoms in total. The first-order chi connectivity index (χ1) is 15.1. The van der Waals surface area contributed by atoms with Gasteiger partial charge in [0.2, 0.25) is 0 Å². The number of amidine groups is 1. The summed E-state index contributed by atoms with van der Waals surface area (Å²) in [5, 5.41) is 1.63. The summed E-state index contributed by atoms with van der Waals surface area (Å²) in [4.78, 5) is 34.5. The zero-order valence-corrected chi connectivity index (χ0v) is 17.9. The minimum Gasteiger partial charge on any atom is -0.497 e. The number of aromatic amines is 1. The van der Waals surface area contributed by atoms with Crippen molar-refractivity contribution >= 4 is 45.4 Å². The van der Waals surface area contributed by atoms with E-state index >= 15 is 0 Å². The quantitative estimate of drug-likeness (QED) is 0.467. The van der Waals surface area contributed by atoms with Crippen molar-refractivity contribution in [3.05, 3.63) is 71.3 Å². The van der Waals surface area contributed by atoms with E-state index in [4.69, 9.17) is 4.74 Å². The van der Waals surface area contributed by atoms with Crippen LogP contribution in [0, 0.1) is 0 Å². The molecule has 4 rings (SSSR count). The topological polar surface area (TPSA) is 84.0 Å². The minimum absolute atomic E-state index is 0.267. The Morgan fingerprint density at radius 1 is 1.19 bits per heavy atom. The SMILES string of the molecule is COC(=O)/C=C1\SC(=Nc2cccc(OC)c2)N(CCc2c[nH]c3ccccc23)C1=O. The molecule has 0 saturated carbocycles. The molecule has 0 atom stereocenters. The smallest absolute Gasteiger partial charge is 0.331 e. The first-order valence-corrected chi connectivity index (χ1v) is 10.5. The van der Waals surface area contributed by atoms with Crippen LogP contribution >= 0.6 is 11.8 Å². The molecule has 31 heavy (non-hydrogen) atoms. The highest BCUT2D eigenvalue weighted by Crippen LogP contribution is 2.34. The lowest BCUT2D eigenvalue weighted by Crippen LogP contribution is -2.31. The Hall–Kier alpha value is -3.52. The summed E-state index contributed by atoms with van der Waals surface area (Å²) in [6.07, 6.45) is 3.81. The molecule has 1 aliphatic heterocycles. The predicted molar refractivity (Wildman–Crippen MR) is 121 cm³/mol. The monoisotopic (exact) mass is 435 g/mol. The molecule has 0 spiro atoms. The first kappa shape index (κ1) is 20.7. The second-order valence-electron chi connectivity index (χ2n) is 6.80. The van der Waals surface area contributed by atoms with E-state index < -0.39 is 5.97 Å². The maximum atomic E-state index is 13.0. The highest BCUT2D eigenvalue weighted by Gasteiger charge is 2.34. The van der Waals surface area contributed by atoms with Crippen molar-refractivity contribution < 1.29 is 19.1 Å². The molecule has 1 aromatic heterocycles. The van der Waals surface area contributed by atoms with Crippen molar-refractivity contribution in [1.29, 1.82) is 0 Å².